The van der Waals surface area contributed by atoms with Crippen molar-refractivity contribution in [1.82, 2.24) is 4.98 Å². The summed E-state index contributed by atoms with van der Waals surface area (Å²) < 4.78 is 34.1. The molecule has 0 saturated carbocycles. The maximum absolute atomic E-state index is 13.1. The Balaban J connectivity index is 1.97. The molecule has 0 unspecified atom stereocenters. The Hall–Kier alpha value is -3.83. The standard InChI is InChI=1S/C24H22N2O5S/c1-15-5-9-20(19(13-15)8-6-18-7-10-21(24(27)28)25-14-18)26-32(29,30)23-12-11-22(31-4)16(2)17(23)3/h5,7,9-14,26H,1-4H3,(H,27,28). The van der Waals surface area contributed by atoms with Gasteiger partial charge in [0.15, 0.2) is 0 Å². The first kappa shape index (κ1) is 22.8. The number of hydrogen-bond donors (Lipinski definition) is 2. The van der Waals surface area contributed by atoms with Gasteiger partial charge in [-0.1, -0.05) is 17.9 Å². The second-order valence-electron chi connectivity index (χ2n) is 7.16. The molecule has 3 rings (SSSR count). The van der Waals surface area contributed by atoms with E-state index in [2.05, 4.69) is 21.5 Å². The summed E-state index contributed by atoms with van der Waals surface area (Å²) in [6.07, 6.45) is 1.36. The fraction of sp³-hybridized carbons (Fsp3) is 0.167. The third kappa shape index (κ3) is 4.90. The van der Waals surface area contributed by atoms with Crippen molar-refractivity contribution >= 4 is 21.7 Å². The lowest BCUT2D eigenvalue weighted by molar-refractivity contribution is 0.0690. The maximum atomic E-state index is 13.1. The van der Waals surface area contributed by atoms with Crippen LogP contribution in [0.3, 0.4) is 0 Å². The van der Waals surface area contributed by atoms with Gasteiger partial charge in [0.25, 0.3) is 10.0 Å². The van der Waals surface area contributed by atoms with Gasteiger partial charge in [0.05, 0.1) is 17.7 Å². The van der Waals surface area contributed by atoms with Crippen molar-refractivity contribution in [2.24, 2.45) is 0 Å². The molecule has 0 bridgehead atoms. The topological polar surface area (TPSA) is 106 Å². The summed E-state index contributed by atoms with van der Waals surface area (Å²) in [5.41, 5.74) is 3.51. The van der Waals surface area contributed by atoms with Gasteiger partial charge in [0, 0.05) is 17.3 Å². The molecule has 2 N–H and O–H groups in total. The molecule has 0 aliphatic carbocycles. The normalized spacial score (nSPS) is 10.8. The molecule has 8 heteroatoms. The summed E-state index contributed by atoms with van der Waals surface area (Å²) >= 11 is 0. The molecule has 32 heavy (non-hydrogen) atoms. The second-order valence-corrected chi connectivity index (χ2v) is 8.81. The first-order chi connectivity index (χ1) is 15.1. The van der Waals surface area contributed by atoms with Crippen molar-refractivity contribution < 1.29 is 23.1 Å². The smallest absolute Gasteiger partial charge is 0.354 e. The van der Waals surface area contributed by atoms with Crippen LogP contribution in [-0.4, -0.2) is 31.6 Å². The number of aryl methyl sites for hydroxylation is 1. The highest BCUT2D eigenvalue weighted by Crippen LogP contribution is 2.29. The Kier molecular flexibility index (Phi) is 6.51. The van der Waals surface area contributed by atoms with E-state index in [1.54, 1.807) is 44.2 Å². The molecule has 1 heterocycles. The van der Waals surface area contributed by atoms with E-state index in [1.807, 2.05) is 6.92 Å². The summed E-state index contributed by atoms with van der Waals surface area (Å²) in [6, 6.07) is 11.3. The van der Waals surface area contributed by atoms with E-state index in [0.29, 0.717) is 28.1 Å². The van der Waals surface area contributed by atoms with E-state index in [-0.39, 0.29) is 10.6 Å². The Morgan fingerprint density at radius 2 is 1.78 bits per heavy atom. The number of methoxy groups -OCH3 is 1. The van der Waals surface area contributed by atoms with Crippen molar-refractivity contribution in [3.8, 4) is 17.6 Å². The number of aromatic carboxylic acids is 1. The number of hydrogen-bond acceptors (Lipinski definition) is 5. The molecular weight excluding hydrogens is 428 g/mol. The van der Waals surface area contributed by atoms with Crippen LogP contribution in [0.5, 0.6) is 5.75 Å². The number of sulfonamides is 1. The fourth-order valence-electron chi connectivity index (χ4n) is 3.07. The molecule has 0 radical (unpaired) electrons. The van der Waals surface area contributed by atoms with Crippen LogP contribution < -0.4 is 9.46 Å². The van der Waals surface area contributed by atoms with Crippen LogP contribution in [0.4, 0.5) is 5.69 Å². The van der Waals surface area contributed by atoms with E-state index in [4.69, 9.17) is 9.84 Å². The van der Waals surface area contributed by atoms with Gasteiger partial charge in [-0.3, -0.25) is 4.72 Å². The molecule has 0 amide bonds. The summed E-state index contributed by atoms with van der Waals surface area (Å²) in [5, 5.41) is 8.95. The second kappa shape index (κ2) is 9.12. The van der Waals surface area contributed by atoms with Crippen LogP contribution in [0.2, 0.25) is 0 Å². The van der Waals surface area contributed by atoms with Crippen molar-refractivity contribution in [2.75, 3.05) is 11.8 Å². The first-order valence-corrected chi connectivity index (χ1v) is 11.1. The lowest BCUT2D eigenvalue weighted by Crippen LogP contribution is -2.16. The zero-order valence-corrected chi connectivity index (χ0v) is 18.9. The predicted molar refractivity (Wildman–Crippen MR) is 122 cm³/mol. The molecule has 0 saturated heterocycles. The van der Waals surface area contributed by atoms with Crippen LogP contribution in [0.15, 0.2) is 53.6 Å². The fourth-order valence-corrected chi connectivity index (χ4v) is 4.45. The summed E-state index contributed by atoms with van der Waals surface area (Å²) in [4.78, 5) is 14.9. The van der Waals surface area contributed by atoms with E-state index in [1.165, 1.54) is 25.4 Å². The zero-order chi connectivity index (χ0) is 23.5. The average molecular weight is 451 g/mol. The van der Waals surface area contributed by atoms with Crippen LogP contribution >= 0.6 is 0 Å². The minimum absolute atomic E-state index is 0.0790. The van der Waals surface area contributed by atoms with Crippen LogP contribution in [0.25, 0.3) is 0 Å². The molecule has 0 spiro atoms. The first-order valence-electron chi connectivity index (χ1n) is 9.61. The minimum Gasteiger partial charge on any atom is -0.496 e. The summed E-state index contributed by atoms with van der Waals surface area (Å²) in [5.74, 6) is 5.35. The van der Waals surface area contributed by atoms with E-state index in [0.717, 1.165) is 11.1 Å². The number of nitrogens with one attached hydrogen (secondary N) is 1. The van der Waals surface area contributed by atoms with Gasteiger partial charge < -0.3 is 9.84 Å². The summed E-state index contributed by atoms with van der Waals surface area (Å²) in [6.45, 7) is 5.42. The van der Waals surface area contributed by atoms with Gasteiger partial charge in [-0.2, -0.15) is 0 Å². The lowest BCUT2D eigenvalue weighted by atomic mass is 10.1. The number of rotatable bonds is 5. The number of aromatic nitrogens is 1. The van der Waals surface area contributed by atoms with E-state index < -0.39 is 16.0 Å². The number of carboxylic acid groups (broad SMARTS) is 1. The van der Waals surface area contributed by atoms with Crippen LogP contribution in [-0.2, 0) is 10.0 Å². The van der Waals surface area contributed by atoms with E-state index in [9.17, 15) is 13.2 Å². The number of anilines is 1. The number of nitrogens with zero attached hydrogens (tertiary/aromatic N) is 1. The van der Waals surface area contributed by atoms with Crippen LogP contribution in [0, 0.1) is 32.6 Å². The lowest BCUT2D eigenvalue weighted by Gasteiger charge is -2.15. The molecule has 164 valence electrons. The molecule has 3 aromatic rings. The van der Waals surface area contributed by atoms with Crippen molar-refractivity contribution in [2.45, 2.75) is 25.7 Å². The Bertz CT molecular complexity index is 1350. The van der Waals surface area contributed by atoms with Gasteiger partial charge in [-0.05, 0) is 73.9 Å². The zero-order valence-electron chi connectivity index (χ0n) is 18.1. The highest BCUT2D eigenvalue weighted by molar-refractivity contribution is 7.92. The van der Waals surface area contributed by atoms with Gasteiger partial charge in [0.1, 0.15) is 11.4 Å². The minimum atomic E-state index is -3.88. The van der Waals surface area contributed by atoms with Gasteiger partial charge in [-0.25, -0.2) is 18.2 Å². The molecule has 7 nitrogen and oxygen atoms in total. The highest BCUT2D eigenvalue weighted by Gasteiger charge is 2.20. The van der Waals surface area contributed by atoms with Gasteiger partial charge >= 0.3 is 5.97 Å². The largest absolute Gasteiger partial charge is 0.496 e. The van der Waals surface area contributed by atoms with Gasteiger partial charge in [-0.15, -0.1) is 0 Å². The molecule has 0 fully saturated rings. The molecule has 0 atom stereocenters. The third-order valence-electron chi connectivity index (χ3n) is 4.94. The predicted octanol–water partition coefficient (Wildman–Crippen LogP) is 3.91. The van der Waals surface area contributed by atoms with Crippen molar-refractivity contribution in [3.63, 3.8) is 0 Å². The highest BCUT2D eigenvalue weighted by atomic mass is 32.2. The van der Waals surface area contributed by atoms with Crippen molar-refractivity contribution in [1.29, 1.82) is 0 Å². The Morgan fingerprint density at radius 1 is 1.03 bits per heavy atom. The number of benzene rings is 2. The SMILES string of the molecule is COc1ccc(S(=O)(=O)Nc2ccc(C)cc2C#Cc2ccc(C(=O)O)nc2)c(C)c1C. The molecule has 2 aromatic carbocycles. The van der Waals surface area contributed by atoms with Gasteiger partial charge in [0.2, 0.25) is 0 Å². The molecule has 0 aliphatic heterocycles. The molecule has 1 aromatic heterocycles. The number of carboxylic acids is 1. The Labute approximate surface area is 187 Å². The van der Waals surface area contributed by atoms with E-state index >= 15 is 0 Å². The van der Waals surface area contributed by atoms with Crippen molar-refractivity contribution in [3.05, 3.63) is 82.2 Å². The van der Waals surface area contributed by atoms with Crippen LogP contribution in [0.1, 0.15) is 38.3 Å². The summed E-state index contributed by atoms with van der Waals surface area (Å²) in [7, 11) is -2.34. The Morgan fingerprint density at radius 3 is 2.41 bits per heavy atom. The quantitative estimate of drug-likeness (QED) is 0.571. The molecule has 0 aliphatic rings. The average Bonchev–Trinajstić information content (AvgIpc) is 2.75. The number of ether oxygens (including phenoxy) is 1. The monoisotopic (exact) mass is 450 g/mol. The molecular formula is C24H22N2O5S. The number of pyridine rings is 1. The maximum Gasteiger partial charge on any atom is 0.354 e. The third-order valence-corrected chi connectivity index (χ3v) is 6.45. The number of carbonyl (C=O) groups is 1.